The van der Waals surface area contributed by atoms with E-state index in [-0.39, 0.29) is 17.2 Å². The van der Waals surface area contributed by atoms with E-state index >= 15 is 0 Å². The number of hydrogen-bond acceptors (Lipinski definition) is 2. The van der Waals surface area contributed by atoms with Crippen LogP contribution in [0.25, 0.3) is 0 Å². The van der Waals surface area contributed by atoms with Crippen LogP contribution < -0.4 is 0 Å². The van der Waals surface area contributed by atoms with E-state index in [1.165, 1.54) is 0 Å². The van der Waals surface area contributed by atoms with Gasteiger partial charge < -0.3 is 0 Å². The molecule has 0 aromatic rings. The van der Waals surface area contributed by atoms with Crippen LogP contribution in [0.4, 0.5) is 0 Å². The maximum absolute atomic E-state index is 11.5. The van der Waals surface area contributed by atoms with Crippen LogP contribution >= 0.6 is 0 Å². The largest absolute Gasteiger partial charge is 0.298 e. The SMILES string of the molecule is CCN(CC)[C@@H](C(C)=O)C(C)(C)C. The summed E-state index contributed by atoms with van der Waals surface area (Å²) >= 11 is 0. The molecule has 0 aromatic heterocycles. The zero-order valence-corrected chi connectivity index (χ0v) is 9.85. The van der Waals surface area contributed by atoms with Crippen LogP contribution in [0.5, 0.6) is 0 Å². The van der Waals surface area contributed by atoms with Crippen molar-refractivity contribution in [2.45, 2.75) is 47.6 Å². The molecule has 78 valence electrons. The van der Waals surface area contributed by atoms with Crippen LogP contribution in [-0.4, -0.2) is 29.8 Å². The van der Waals surface area contributed by atoms with Crippen molar-refractivity contribution >= 4 is 5.78 Å². The highest BCUT2D eigenvalue weighted by Crippen LogP contribution is 2.24. The number of hydrogen-bond donors (Lipinski definition) is 0. The van der Waals surface area contributed by atoms with Gasteiger partial charge in [0.15, 0.2) is 0 Å². The molecule has 2 nitrogen and oxygen atoms in total. The van der Waals surface area contributed by atoms with Gasteiger partial charge in [0.05, 0.1) is 6.04 Å². The first-order chi connectivity index (χ1) is 5.84. The van der Waals surface area contributed by atoms with Gasteiger partial charge in [0.2, 0.25) is 0 Å². The molecule has 2 heteroatoms. The molecule has 1 atom stereocenters. The Bertz CT molecular complexity index is 165. The standard InChI is InChI=1S/C11H23NO/c1-7-12(8-2)10(9(3)13)11(4,5)6/h10H,7-8H2,1-6H3/t10-/m0/s1. The van der Waals surface area contributed by atoms with Gasteiger partial charge in [-0.1, -0.05) is 34.6 Å². The molecule has 0 saturated carbocycles. The summed E-state index contributed by atoms with van der Waals surface area (Å²) in [5.74, 6) is 0.274. The highest BCUT2D eigenvalue weighted by Gasteiger charge is 2.32. The van der Waals surface area contributed by atoms with Gasteiger partial charge in [-0.15, -0.1) is 0 Å². The summed E-state index contributed by atoms with van der Waals surface area (Å²) in [4.78, 5) is 13.7. The summed E-state index contributed by atoms with van der Waals surface area (Å²) in [7, 11) is 0. The molecule has 0 aliphatic rings. The number of likely N-dealkylation sites (N-methyl/N-ethyl adjacent to an activating group) is 1. The van der Waals surface area contributed by atoms with Crippen LogP contribution in [0.3, 0.4) is 0 Å². The maximum Gasteiger partial charge on any atom is 0.147 e. The molecular formula is C11H23NO. The zero-order valence-electron chi connectivity index (χ0n) is 9.85. The quantitative estimate of drug-likeness (QED) is 0.670. The summed E-state index contributed by atoms with van der Waals surface area (Å²) < 4.78 is 0. The Morgan fingerprint density at radius 3 is 1.69 bits per heavy atom. The molecule has 0 fully saturated rings. The molecule has 0 aromatic carbocycles. The highest BCUT2D eigenvalue weighted by molar-refractivity contribution is 5.82. The van der Waals surface area contributed by atoms with Crippen LogP contribution in [0.1, 0.15) is 41.5 Å². The molecule has 13 heavy (non-hydrogen) atoms. The van der Waals surface area contributed by atoms with E-state index in [0.29, 0.717) is 0 Å². The predicted octanol–water partition coefficient (Wildman–Crippen LogP) is 2.33. The van der Waals surface area contributed by atoms with Crippen molar-refractivity contribution in [3.63, 3.8) is 0 Å². The fraction of sp³-hybridized carbons (Fsp3) is 0.909. The summed E-state index contributed by atoms with van der Waals surface area (Å²) in [5, 5.41) is 0. The molecule has 0 unspecified atom stereocenters. The summed E-state index contributed by atoms with van der Waals surface area (Å²) in [6.45, 7) is 14.1. The number of nitrogens with zero attached hydrogens (tertiary/aromatic N) is 1. The van der Waals surface area contributed by atoms with Crippen molar-refractivity contribution in [2.24, 2.45) is 5.41 Å². The van der Waals surface area contributed by atoms with E-state index in [0.717, 1.165) is 13.1 Å². The van der Waals surface area contributed by atoms with Gasteiger partial charge in [-0.25, -0.2) is 0 Å². The smallest absolute Gasteiger partial charge is 0.147 e. The minimum atomic E-state index is 0.0395. The van der Waals surface area contributed by atoms with Crippen LogP contribution in [0.15, 0.2) is 0 Å². The van der Waals surface area contributed by atoms with Crippen molar-refractivity contribution in [1.82, 2.24) is 4.90 Å². The molecule has 0 radical (unpaired) electrons. The van der Waals surface area contributed by atoms with Crippen molar-refractivity contribution in [3.8, 4) is 0 Å². The summed E-state index contributed by atoms with van der Waals surface area (Å²) in [6.07, 6.45) is 0. The van der Waals surface area contributed by atoms with Gasteiger partial charge in [-0.2, -0.15) is 0 Å². The van der Waals surface area contributed by atoms with Crippen molar-refractivity contribution in [1.29, 1.82) is 0 Å². The summed E-state index contributed by atoms with van der Waals surface area (Å²) in [5.41, 5.74) is 0.0395. The van der Waals surface area contributed by atoms with Gasteiger partial charge in [0, 0.05) is 0 Å². The predicted molar refractivity (Wildman–Crippen MR) is 56.8 cm³/mol. The van der Waals surface area contributed by atoms with Crippen molar-refractivity contribution in [2.75, 3.05) is 13.1 Å². The third-order valence-corrected chi connectivity index (χ3v) is 2.38. The molecule has 0 N–H and O–H groups in total. The lowest BCUT2D eigenvalue weighted by Gasteiger charge is -2.37. The van der Waals surface area contributed by atoms with E-state index in [9.17, 15) is 4.79 Å². The number of rotatable bonds is 4. The second-order valence-electron chi connectivity index (χ2n) is 4.60. The van der Waals surface area contributed by atoms with Crippen molar-refractivity contribution < 1.29 is 4.79 Å². The van der Waals surface area contributed by atoms with Crippen LogP contribution in [0, 0.1) is 5.41 Å². The zero-order chi connectivity index (χ0) is 10.6. The third kappa shape index (κ3) is 3.47. The van der Waals surface area contributed by atoms with E-state index in [1.807, 2.05) is 0 Å². The molecule has 0 spiro atoms. The Morgan fingerprint density at radius 2 is 1.62 bits per heavy atom. The van der Waals surface area contributed by atoms with Gasteiger partial charge in [0.25, 0.3) is 0 Å². The lowest BCUT2D eigenvalue weighted by atomic mass is 9.83. The first kappa shape index (κ1) is 12.6. The van der Waals surface area contributed by atoms with E-state index in [1.54, 1.807) is 6.92 Å². The molecule has 0 bridgehead atoms. The summed E-state index contributed by atoms with van der Waals surface area (Å²) in [6, 6.07) is 0.0579. The average molecular weight is 185 g/mol. The Kier molecular flexibility index (Phi) is 4.62. The molecule has 0 saturated heterocycles. The van der Waals surface area contributed by atoms with Crippen molar-refractivity contribution in [3.05, 3.63) is 0 Å². The Labute approximate surface area is 82.3 Å². The fourth-order valence-corrected chi connectivity index (χ4v) is 2.00. The van der Waals surface area contributed by atoms with Gasteiger partial charge >= 0.3 is 0 Å². The number of Topliss-reactive ketones (excluding diaryl/α,β-unsaturated/α-hetero) is 1. The fourth-order valence-electron chi connectivity index (χ4n) is 2.00. The maximum atomic E-state index is 11.5. The molecule has 0 amide bonds. The minimum Gasteiger partial charge on any atom is -0.298 e. The second-order valence-corrected chi connectivity index (χ2v) is 4.60. The lowest BCUT2D eigenvalue weighted by Crippen LogP contribution is -2.48. The monoisotopic (exact) mass is 185 g/mol. The van der Waals surface area contributed by atoms with E-state index in [4.69, 9.17) is 0 Å². The molecular weight excluding hydrogens is 162 g/mol. The Balaban J connectivity index is 4.69. The van der Waals surface area contributed by atoms with Crippen LogP contribution in [-0.2, 0) is 4.79 Å². The Hall–Kier alpha value is -0.370. The number of ketones is 1. The second kappa shape index (κ2) is 4.75. The number of carbonyl (C=O) groups is 1. The molecule has 0 rings (SSSR count). The van der Waals surface area contributed by atoms with E-state index in [2.05, 4.69) is 39.5 Å². The number of carbonyl (C=O) groups excluding carboxylic acids is 1. The molecule has 0 aliphatic carbocycles. The Morgan fingerprint density at radius 1 is 1.23 bits per heavy atom. The molecule has 0 aliphatic heterocycles. The van der Waals surface area contributed by atoms with Gasteiger partial charge in [-0.05, 0) is 25.4 Å². The van der Waals surface area contributed by atoms with Crippen LogP contribution in [0.2, 0.25) is 0 Å². The highest BCUT2D eigenvalue weighted by atomic mass is 16.1. The van der Waals surface area contributed by atoms with Gasteiger partial charge in [0.1, 0.15) is 5.78 Å². The first-order valence-electron chi connectivity index (χ1n) is 5.09. The average Bonchev–Trinajstić information content (AvgIpc) is 1.96. The normalized spacial score (nSPS) is 14.7. The third-order valence-electron chi connectivity index (χ3n) is 2.38. The topological polar surface area (TPSA) is 20.3 Å². The minimum absolute atomic E-state index is 0.0395. The first-order valence-corrected chi connectivity index (χ1v) is 5.09. The van der Waals surface area contributed by atoms with Gasteiger partial charge in [-0.3, -0.25) is 9.69 Å². The molecule has 0 heterocycles. The van der Waals surface area contributed by atoms with E-state index < -0.39 is 0 Å². The lowest BCUT2D eigenvalue weighted by molar-refractivity contribution is -0.125.